The molecule has 0 saturated heterocycles. The Morgan fingerprint density at radius 3 is 2.53 bits per heavy atom. The molecule has 0 bridgehead atoms. The van der Waals surface area contributed by atoms with E-state index in [1.54, 1.807) is 18.2 Å². The lowest BCUT2D eigenvalue weighted by Crippen LogP contribution is -1.90. The van der Waals surface area contributed by atoms with Gasteiger partial charge in [-0.25, -0.2) is 0 Å². The Labute approximate surface area is 108 Å². The lowest BCUT2D eigenvalue weighted by Gasteiger charge is -2.05. The predicted octanol–water partition coefficient (Wildman–Crippen LogP) is 2.55. The molecule has 0 aliphatic heterocycles. The first-order valence-corrected chi connectivity index (χ1v) is 4.65. The molecular formula is C12H10BrNO3. The number of phenols is 2. The van der Waals surface area contributed by atoms with Crippen LogP contribution in [0, 0.1) is 0 Å². The first-order chi connectivity index (χ1) is 7.72. The summed E-state index contributed by atoms with van der Waals surface area (Å²) in [5, 5.41) is 18.5. The molecule has 1 heterocycles. The van der Waals surface area contributed by atoms with Crippen molar-refractivity contribution in [2.24, 2.45) is 0 Å². The molecule has 0 spiro atoms. The van der Waals surface area contributed by atoms with Crippen molar-refractivity contribution in [3.8, 4) is 22.6 Å². The van der Waals surface area contributed by atoms with E-state index in [2.05, 4.69) is 4.98 Å². The Balaban J connectivity index is 0.00000144. The molecule has 88 valence electrons. The second-order valence-electron chi connectivity index (χ2n) is 3.26. The van der Waals surface area contributed by atoms with E-state index in [-0.39, 0.29) is 28.5 Å². The highest BCUT2D eigenvalue weighted by Crippen LogP contribution is 2.31. The molecule has 2 rings (SSSR count). The molecule has 0 unspecified atom stereocenters. The monoisotopic (exact) mass is 295 g/mol. The number of aromatic hydroxyl groups is 2. The third kappa shape index (κ3) is 2.62. The molecule has 0 fully saturated rings. The fourth-order valence-electron chi connectivity index (χ4n) is 1.45. The first kappa shape index (κ1) is 13.2. The standard InChI is InChI=1S/C12H9NO3.BrH/c14-7-10-9(2-1-5-13-10)8-3-4-11(15)12(16)6-8;/h1-7,15-16H;1H. The number of aromatic nitrogens is 1. The van der Waals surface area contributed by atoms with Crippen LogP contribution in [0.5, 0.6) is 11.5 Å². The maximum absolute atomic E-state index is 10.8. The van der Waals surface area contributed by atoms with Crippen molar-refractivity contribution in [2.45, 2.75) is 0 Å². The normalized spacial score (nSPS) is 9.41. The van der Waals surface area contributed by atoms with Crippen molar-refractivity contribution in [3.05, 3.63) is 42.2 Å². The average molecular weight is 296 g/mol. The van der Waals surface area contributed by atoms with Gasteiger partial charge in [0, 0.05) is 11.8 Å². The smallest absolute Gasteiger partial charge is 0.169 e. The molecule has 5 heteroatoms. The van der Waals surface area contributed by atoms with Crippen molar-refractivity contribution in [2.75, 3.05) is 0 Å². The number of carbonyl (C=O) groups is 1. The van der Waals surface area contributed by atoms with Gasteiger partial charge in [0.1, 0.15) is 5.69 Å². The highest BCUT2D eigenvalue weighted by molar-refractivity contribution is 8.93. The number of rotatable bonds is 2. The zero-order valence-electron chi connectivity index (χ0n) is 8.70. The van der Waals surface area contributed by atoms with Gasteiger partial charge in [-0.1, -0.05) is 12.1 Å². The van der Waals surface area contributed by atoms with Gasteiger partial charge in [-0.05, 0) is 23.8 Å². The van der Waals surface area contributed by atoms with E-state index in [0.717, 1.165) is 0 Å². The molecule has 1 aromatic carbocycles. The van der Waals surface area contributed by atoms with Crippen LogP contribution in [0.25, 0.3) is 11.1 Å². The minimum atomic E-state index is -0.224. The molecule has 0 atom stereocenters. The van der Waals surface area contributed by atoms with Crippen LogP contribution >= 0.6 is 17.0 Å². The maximum Gasteiger partial charge on any atom is 0.169 e. The predicted molar refractivity (Wildman–Crippen MR) is 68.7 cm³/mol. The third-order valence-corrected chi connectivity index (χ3v) is 2.24. The molecule has 2 N–H and O–H groups in total. The zero-order chi connectivity index (χ0) is 11.5. The van der Waals surface area contributed by atoms with E-state index in [1.807, 2.05) is 0 Å². The summed E-state index contributed by atoms with van der Waals surface area (Å²) in [5.74, 6) is -0.418. The van der Waals surface area contributed by atoms with Crippen LogP contribution in [-0.2, 0) is 0 Å². The van der Waals surface area contributed by atoms with Crippen LogP contribution in [0.1, 0.15) is 10.5 Å². The first-order valence-electron chi connectivity index (χ1n) is 4.65. The Morgan fingerprint density at radius 2 is 1.88 bits per heavy atom. The van der Waals surface area contributed by atoms with E-state index in [4.69, 9.17) is 0 Å². The molecule has 0 amide bonds. The van der Waals surface area contributed by atoms with Gasteiger partial charge < -0.3 is 10.2 Å². The van der Waals surface area contributed by atoms with Crippen molar-refractivity contribution in [3.63, 3.8) is 0 Å². The van der Waals surface area contributed by atoms with Crippen LogP contribution in [0.2, 0.25) is 0 Å². The van der Waals surface area contributed by atoms with Gasteiger partial charge >= 0.3 is 0 Å². The summed E-state index contributed by atoms with van der Waals surface area (Å²) in [6.07, 6.45) is 2.17. The van der Waals surface area contributed by atoms with Gasteiger partial charge in [0.15, 0.2) is 17.8 Å². The molecule has 0 radical (unpaired) electrons. The van der Waals surface area contributed by atoms with Crippen molar-refractivity contribution in [1.29, 1.82) is 0 Å². The fourth-order valence-corrected chi connectivity index (χ4v) is 1.45. The number of benzene rings is 1. The number of nitrogens with zero attached hydrogens (tertiary/aromatic N) is 1. The lowest BCUT2D eigenvalue weighted by atomic mass is 10.0. The van der Waals surface area contributed by atoms with E-state index >= 15 is 0 Å². The summed E-state index contributed by atoms with van der Waals surface area (Å²) in [4.78, 5) is 14.7. The minimum absolute atomic E-state index is 0. The summed E-state index contributed by atoms with van der Waals surface area (Å²) >= 11 is 0. The molecule has 0 saturated carbocycles. The minimum Gasteiger partial charge on any atom is -0.504 e. The largest absolute Gasteiger partial charge is 0.504 e. The molecule has 4 nitrogen and oxygen atoms in total. The Hall–Kier alpha value is -1.88. The average Bonchev–Trinajstić information content (AvgIpc) is 2.32. The zero-order valence-corrected chi connectivity index (χ0v) is 10.4. The van der Waals surface area contributed by atoms with Gasteiger partial charge in [0.05, 0.1) is 0 Å². The van der Waals surface area contributed by atoms with Crippen LogP contribution in [0.4, 0.5) is 0 Å². The van der Waals surface area contributed by atoms with Crippen molar-refractivity contribution in [1.82, 2.24) is 4.98 Å². The van der Waals surface area contributed by atoms with E-state index in [0.29, 0.717) is 23.1 Å². The molecule has 1 aromatic heterocycles. The lowest BCUT2D eigenvalue weighted by molar-refractivity contribution is 0.111. The summed E-state index contributed by atoms with van der Waals surface area (Å²) in [5.41, 5.74) is 1.55. The topological polar surface area (TPSA) is 70.4 Å². The van der Waals surface area contributed by atoms with E-state index in [9.17, 15) is 15.0 Å². The third-order valence-electron chi connectivity index (χ3n) is 2.24. The van der Waals surface area contributed by atoms with Crippen molar-refractivity contribution < 1.29 is 15.0 Å². The van der Waals surface area contributed by atoms with E-state index in [1.165, 1.54) is 18.3 Å². The van der Waals surface area contributed by atoms with Crippen LogP contribution in [0.15, 0.2) is 36.5 Å². The van der Waals surface area contributed by atoms with Crippen LogP contribution in [-0.4, -0.2) is 21.5 Å². The Kier molecular flexibility index (Phi) is 4.23. The summed E-state index contributed by atoms with van der Waals surface area (Å²) in [6.45, 7) is 0. The molecule has 0 aliphatic carbocycles. The second kappa shape index (κ2) is 5.45. The molecule has 17 heavy (non-hydrogen) atoms. The molecular weight excluding hydrogens is 286 g/mol. The highest BCUT2D eigenvalue weighted by Gasteiger charge is 2.07. The summed E-state index contributed by atoms with van der Waals surface area (Å²) in [6, 6.07) is 7.79. The number of hydrogen-bond acceptors (Lipinski definition) is 4. The SMILES string of the molecule is Br.O=Cc1ncccc1-c1ccc(O)c(O)c1. The van der Waals surface area contributed by atoms with Gasteiger partial charge in [-0.15, -0.1) is 17.0 Å². The van der Waals surface area contributed by atoms with Crippen LogP contribution in [0.3, 0.4) is 0 Å². The number of aldehydes is 1. The Bertz CT molecular complexity index is 543. The number of pyridine rings is 1. The van der Waals surface area contributed by atoms with Gasteiger partial charge in [-0.2, -0.15) is 0 Å². The number of hydrogen-bond donors (Lipinski definition) is 2. The van der Waals surface area contributed by atoms with E-state index < -0.39 is 0 Å². The van der Waals surface area contributed by atoms with Gasteiger partial charge in [-0.3, -0.25) is 9.78 Å². The number of carbonyl (C=O) groups excluding carboxylic acids is 1. The summed E-state index contributed by atoms with van der Waals surface area (Å²) in [7, 11) is 0. The molecule has 0 aliphatic rings. The molecule has 2 aromatic rings. The highest BCUT2D eigenvalue weighted by atomic mass is 79.9. The number of phenolic OH excluding ortho intramolecular Hbond substituents is 2. The Morgan fingerprint density at radius 1 is 1.12 bits per heavy atom. The quantitative estimate of drug-likeness (QED) is 0.660. The maximum atomic E-state index is 10.8. The van der Waals surface area contributed by atoms with Gasteiger partial charge in [0.25, 0.3) is 0 Å². The summed E-state index contributed by atoms with van der Waals surface area (Å²) < 4.78 is 0. The van der Waals surface area contributed by atoms with Gasteiger partial charge in [0.2, 0.25) is 0 Å². The number of halogens is 1. The van der Waals surface area contributed by atoms with Crippen LogP contribution < -0.4 is 0 Å². The second-order valence-corrected chi connectivity index (χ2v) is 3.26. The fraction of sp³-hybridized carbons (Fsp3) is 0. The van der Waals surface area contributed by atoms with Crippen molar-refractivity contribution >= 4 is 23.3 Å².